The van der Waals surface area contributed by atoms with Gasteiger partial charge in [0.1, 0.15) is 6.61 Å². The third kappa shape index (κ3) is 3.02. The van der Waals surface area contributed by atoms with Gasteiger partial charge in [0.15, 0.2) is 0 Å². The van der Waals surface area contributed by atoms with Gasteiger partial charge in [0, 0.05) is 0 Å². The number of aromatic nitrogens is 3. The lowest BCUT2D eigenvalue weighted by Gasteiger charge is -2.03. The second-order valence-electron chi connectivity index (χ2n) is 2.53. The summed E-state index contributed by atoms with van der Waals surface area (Å²) >= 11 is 0. The fourth-order valence-electron chi connectivity index (χ4n) is 0.813. The molecule has 8 heteroatoms. The molecule has 8 nitrogen and oxygen atoms in total. The molecule has 0 spiro atoms. The van der Waals surface area contributed by atoms with Crippen LogP contribution in [0.3, 0.4) is 0 Å². The van der Waals surface area contributed by atoms with E-state index >= 15 is 0 Å². The van der Waals surface area contributed by atoms with E-state index in [0.717, 1.165) is 4.57 Å². The van der Waals surface area contributed by atoms with E-state index in [4.69, 9.17) is 5.73 Å². The molecule has 0 amide bonds. The number of hydrogen-bond acceptors (Lipinski definition) is 6. The summed E-state index contributed by atoms with van der Waals surface area (Å²) in [4.78, 5) is 32.5. The van der Waals surface area contributed by atoms with Crippen LogP contribution in [0, 0.1) is 6.33 Å². The number of aromatic amines is 1. The second kappa shape index (κ2) is 5.05. The molecule has 81 valence electrons. The standard InChI is InChI=1S/C7H9N4O4/c8-3-5(12)15-2-1-11-4-9-10-6(13)7(11)14/h1-3,8H2,(H,10,13). The first-order chi connectivity index (χ1) is 7.15. The predicted molar refractivity (Wildman–Crippen MR) is 48.0 cm³/mol. The van der Waals surface area contributed by atoms with Gasteiger partial charge in [-0.2, -0.15) is 5.10 Å². The lowest BCUT2D eigenvalue weighted by Crippen LogP contribution is -2.38. The van der Waals surface area contributed by atoms with Crippen molar-refractivity contribution in [2.24, 2.45) is 5.73 Å². The van der Waals surface area contributed by atoms with Crippen LogP contribution in [-0.4, -0.2) is 33.9 Å². The molecule has 0 aliphatic carbocycles. The van der Waals surface area contributed by atoms with Crippen molar-refractivity contribution in [3.63, 3.8) is 0 Å². The van der Waals surface area contributed by atoms with Gasteiger partial charge in [-0.3, -0.25) is 19.0 Å². The van der Waals surface area contributed by atoms with Crippen LogP contribution in [0.25, 0.3) is 0 Å². The van der Waals surface area contributed by atoms with Crippen molar-refractivity contribution < 1.29 is 9.53 Å². The molecule has 0 aliphatic heterocycles. The minimum absolute atomic E-state index is 0.0154. The van der Waals surface area contributed by atoms with Gasteiger partial charge in [-0.1, -0.05) is 0 Å². The number of carbonyl (C=O) groups is 1. The molecular formula is C7H9N4O4. The van der Waals surface area contributed by atoms with Gasteiger partial charge in [0.2, 0.25) is 6.33 Å². The fraction of sp³-hybridized carbons (Fsp3) is 0.429. The van der Waals surface area contributed by atoms with Crippen molar-refractivity contribution in [1.29, 1.82) is 0 Å². The number of nitrogens with zero attached hydrogens (tertiary/aromatic N) is 2. The first kappa shape index (κ1) is 11.1. The van der Waals surface area contributed by atoms with E-state index < -0.39 is 17.1 Å². The van der Waals surface area contributed by atoms with Gasteiger partial charge in [-0.05, 0) is 0 Å². The zero-order valence-electron chi connectivity index (χ0n) is 7.73. The largest absolute Gasteiger partial charge is 0.463 e. The van der Waals surface area contributed by atoms with Crippen molar-refractivity contribution >= 4 is 5.97 Å². The number of hydrogen-bond donors (Lipinski definition) is 2. The van der Waals surface area contributed by atoms with Gasteiger partial charge >= 0.3 is 17.1 Å². The monoisotopic (exact) mass is 213 g/mol. The number of carbonyl (C=O) groups excluding carboxylic acids is 1. The summed E-state index contributed by atoms with van der Waals surface area (Å²) < 4.78 is 5.53. The molecular weight excluding hydrogens is 204 g/mol. The zero-order chi connectivity index (χ0) is 11.3. The molecule has 1 radical (unpaired) electrons. The average molecular weight is 213 g/mol. The summed E-state index contributed by atoms with van der Waals surface area (Å²) in [6.45, 7) is -0.273. The Morgan fingerprint density at radius 1 is 1.60 bits per heavy atom. The Bertz CT molecular complexity index is 449. The van der Waals surface area contributed by atoms with E-state index in [1.807, 2.05) is 5.10 Å². The quantitative estimate of drug-likeness (QED) is 0.412. The van der Waals surface area contributed by atoms with E-state index in [2.05, 4.69) is 16.2 Å². The summed E-state index contributed by atoms with van der Waals surface area (Å²) in [5, 5.41) is 5.23. The van der Waals surface area contributed by atoms with Crippen LogP contribution in [0.5, 0.6) is 0 Å². The van der Waals surface area contributed by atoms with Crippen LogP contribution in [-0.2, 0) is 16.1 Å². The highest BCUT2D eigenvalue weighted by molar-refractivity contribution is 5.71. The summed E-state index contributed by atoms with van der Waals surface area (Å²) in [7, 11) is 0. The number of ether oxygens (including phenoxy) is 1. The van der Waals surface area contributed by atoms with Crippen LogP contribution in [0.1, 0.15) is 0 Å². The van der Waals surface area contributed by atoms with E-state index in [-0.39, 0.29) is 19.7 Å². The van der Waals surface area contributed by atoms with Gasteiger partial charge < -0.3 is 10.5 Å². The molecule has 1 rings (SSSR count). The minimum Gasteiger partial charge on any atom is -0.463 e. The van der Waals surface area contributed by atoms with E-state index in [0.29, 0.717) is 0 Å². The summed E-state index contributed by atoms with van der Waals surface area (Å²) in [5.41, 5.74) is 3.34. The molecule has 0 bridgehead atoms. The fourth-order valence-corrected chi connectivity index (χ4v) is 0.813. The SMILES string of the molecule is NCC(=O)OCCn1[c]n[nH]c(=O)c1=O. The molecule has 1 aromatic heterocycles. The van der Waals surface area contributed by atoms with Crippen LogP contribution < -0.4 is 16.9 Å². The maximum Gasteiger partial charge on any atom is 0.330 e. The Morgan fingerprint density at radius 2 is 2.33 bits per heavy atom. The van der Waals surface area contributed by atoms with Gasteiger partial charge in [-0.25, -0.2) is 5.10 Å². The smallest absolute Gasteiger partial charge is 0.330 e. The molecule has 15 heavy (non-hydrogen) atoms. The minimum atomic E-state index is -0.848. The van der Waals surface area contributed by atoms with Crippen molar-refractivity contribution in [2.75, 3.05) is 13.2 Å². The maximum absolute atomic E-state index is 11.1. The molecule has 0 unspecified atom stereocenters. The zero-order valence-corrected chi connectivity index (χ0v) is 7.73. The topological polar surface area (TPSA) is 120 Å². The highest BCUT2D eigenvalue weighted by atomic mass is 16.5. The van der Waals surface area contributed by atoms with E-state index in [9.17, 15) is 14.4 Å². The van der Waals surface area contributed by atoms with Gasteiger partial charge in [0.05, 0.1) is 13.1 Å². The lowest BCUT2D eigenvalue weighted by molar-refractivity contribution is -0.142. The molecule has 0 saturated carbocycles. The predicted octanol–water partition coefficient (Wildman–Crippen LogP) is -2.77. The van der Waals surface area contributed by atoms with Crippen molar-refractivity contribution in [3.8, 4) is 0 Å². The Kier molecular flexibility index (Phi) is 3.75. The second-order valence-corrected chi connectivity index (χ2v) is 2.53. The lowest BCUT2D eigenvalue weighted by atomic mass is 10.6. The van der Waals surface area contributed by atoms with Crippen molar-refractivity contribution in [3.05, 3.63) is 27.0 Å². The Balaban J connectivity index is 2.59. The third-order valence-corrected chi connectivity index (χ3v) is 1.51. The van der Waals surface area contributed by atoms with Crippen LogP contribution in [0.4, 0.5) is 0 Å². The third-order valence-electron chi connectivity index (χ3n) is 1.51. The summed E-state index contributed by atoms with van der Waals surface area (Å²) in [6, 6.07) is 0. The maximum atomic E-state index is 11.1. The average Bonchev–Trinajstić information content (AvgIpc) is 2.24. The first-order valence-electron chi connectivity index (χ1n) is 4.08. The Labute approximate surface area is 83.7 Å². The van der Waals surface area contributed by atoms with Gasteiger partial charge in [0.25, 0.3) is 0 Å². The highest BCUT2D eigenvalue weighted by Crippen LogP contribution is 1.79. The number of rotatable bonds is 4. The molecule has 1 heterocycles. The number of esters is 1. The molecule has 0 aromatic carbocycles. The van der Waals surface area contributed by atoms with Crippen LogP contribution in [0.2, 0.25) is 0 Å². The van der Waals surface area contributed by atoms with Crippen molar-refractivity contribution in [2.45, 2.75) is 6.54 Å². The van der Waals surface area contributed by atoms with Gasteiger partial charge in [-0.15, -0.1) is 0 Å². The van der Waals surface area contributed by atoms with E-state index in [1.165, 1.54) is 0 Å². The molecule has 0 aliphatic rings. The number of H-pyrrole nitrogens is 1. The summed E-state index contributed by atoms with van der Waals surface area (Å²) in [6.07, 6.45) is 2.25. The molecule has 3 N–H and O–H groups in total. The first-order valence-corrected chi connectivity index (χ1v) is 4.08. The highest BCUT2D eigenvalue weighted by Gasteiger charge is 2.02. The number of nitrogens with two attached hydrogens (primary N) is 1. The molecule has 1 aromatic rings. The normalized spacial score (nSPS) is 9.93. The van der Waals surface area contributed by atoms with Crippen molar-refractivity contribution in [1.82, 2.24) is 14.8 Å². The molecule has 0 saturated heterocycles. The van der Waals surface area contributed by atoms with Crippen LogP contribution in [0.15, 0.2) is 9.59 Å². The number of nitrogens with one attached hydrogen (secondary N) is 1. The summed E-state index contributed by atoms with van der Waals surface area (Å²) in [5.74, 6) is -0.583. The van der Waals surface area contributed by atoms with Crippen LogP contribution >= 0.6 is 0 Å². The Hall–Kier alpha value is -1.96. The molecule has 0 atom stereocenters. The Morgan fingerprint density at radius 3 is 3.00 bits per heavy atom. The van der Waals surface area contributed by atoms with E-state index in [1.54, 1.807) is 0 Å². The molecule has 0 fully saturated rings.